The number of carbonyl (C=O) groups is 3. The number of alkyl halides is 1. The number of benzene rings is 2. The summed E-state index contributed by atoms with van der Waals surface area (Å²) in [5, 5.41) is 10.7. The van der Waals surface area contributed by atoms with Crippen molar-refractivity contribution >= 4 is 56.6 Å². The molecule has 7 atom stereocenters. The lowest BCUT2D eigenvalue weighted by Crippen LogP contribution is -2.59. The Hall–Kier alpha value is -3.18. The fourth-order valence-electron chi connectivity index (χ4n) is 6.93. The number of hydrogen-bond donors (Lipinski definition) is 1. The maximum absolute atomic E-state index is 14.6. The van der Waals surface area contributed by atoms with Crippen molar-refractivity contribution in [2.75, 3.05) is 36.1 Å². The maximum atomic E-state index is 14.6. The fourth-order valence-corrected chi connectivity index (χ4v) is 8.00. The minimum absolute atomic E-state index is 0.168. The van der Waals surface area contributed by atoms with Gasteiger partial charge >= 0.3 is 0 Å². The summed E-state index contributed by atoms with van der Waals surface area (Å²) in [6.45, 7) is 11.8. The Morgan fingerprint density at radius 3 is 2.23 bits per heavy atom. The van der Waals surface area contributed by atoms with Crippen molar-refractivity contribution in [2.45, 2.75) is 48.9 Å². The van der Waals surface area contributed by atoms with Crippen molar-refractivity contribution in [3.05, 3.63) is 78.9 Å². The van der Waals surface area contributed by atoms with Gasteiger partial charge in [0.1, 0.15) is 17.4 Å². The standard InChI is InChI=1S/C33H37BrClN3O6/c1-5-16-36(23-12-14-24(15-13-23)43-7-3)30(40)26-27-31(41)38(20(4)19-39)29(33(27)18-25(34)28(26)44-33)32(42)37(17-6-2)22-10-8-21(35)9-11-22/h5-6,8-15,20,25-29,39H,1-2,7,16-19H2,3-4H3/t20-,25?,26-,27+,28-,29?,33?/m1/s1. The Balaban J connectivity index is 1.57. The molecule has 2 bridgehead atoms. The Morgan fingerprint density at radius 1 is 1.11 bits per heavy atom. The van der Waals surface area contributed by atoms with E-state index in [4.69, 9.17) is 21.1 Å². The number of fused-ring (bicyclic) bond motifs is 1. The van der Waals surface area contributed by atoms with Crippen LogP contribution in [0.5, 0.6) is 5.75 Å². The van der Waals surface area contributed by atoms with E-state index in [2.05, 4.69) is 29.1 Å². The summed E-state index contributed by atoms with van der Waals surface area (Å²) < 4.78 is 12.2. The largest absolute Gasteiger partial charge is 0.494 e. The summed E-state index contributed by atoms with van der Waals surface area (Å²) in [5.41, 5.74) is -0.0902. The molecule has 5 rings (SSSR count). The lowest BCUT2D eigenvalue weighted by atomic mass is 9.70. The molecule has 2 aromatic rings. The van der Waals surface area contributed by atoms with Crippen LogP contribution in [-0.4, -0.2) is 82.6 Å². The van der Waals surface area contributed by atoms with E-state index < -0.39 is 35.6 Å². The van der Waals surface area contributed by atoms with Gasteiger partial charge in [0.05, 0.1) is 37.2 Å². The van der Waals surface area contributed by atoms with Crippen molar-refractivity contribution in [3.63, 3.8) is 0 Å². The van der Waals surface area contributed by atoms with Crippen molar-refractivity contribution in [1.29, 1.82) is 0 Å². The van der Waals surface area contributed by atoms with Gasteiger partial charge in [-0.3, -0.25) is 14.4 Å². The predicted octanol–water partition coefficient (Wildman–Crippen LogP) is 4.61. The van der Waals surface area contributed by atoms with Crippen molar-refractivity contribution in [1.82, 2.24) is 4.90 Å². The number of likely N-dealkylation sites (tertiary alicyclic amines) is 1. The average molecular weight is 687 g/mol. The van der Waals surface area contributed by atoms with Crippen LogP contribution < -0.4 is 14.5 Å². The van der Waals surface area contributed by atoms with Crippen LogP contribution >= 0.6 is 27.5 Å². The molecule has 0 saturated carbocycles. The number of anilines is 2. The van der Waals surface area contributed by atoms with E-state index in [0.29, 0.717) is 35.2 Å². The Morgan fingerprint density at radius 2 is 1.68 bits per heavy atom. The highest BCUT2D eigenvalue weighted by Gasteiger charge is 2.77. The molecule has 3 aliphatic heterocycles. The number of hydrogen-bond acceptors (Lipinski definition) is 6. The van der Waals surface area contributed by atoms with Crippen LogP contribution in [0.4, 0.5) is 11.4 Å². The highest BCUT2D eigenvalue weighted by Crippen LogP contribution is 2.61. The monoisotopic (exact) mass is 685 g/mol. The SMILES string of the molecule is C=CCN(C(=O)C1N([C@H](C)CO)C(=O)[C@@H]2[C@@H](C(=O)N(CC=C)c3ccc(OCC)cc3)[C@@H]3OC12CC3Br)c1ccc(Cl)cc1. The number of ether oxygens (including phenoxy) is 2. The first-order chi connectivity index (χ1) is 21.1. The molecule has 234 valence electrons. The van der Waals surface area contributed by atoms with Crippen LogP contribution in [0.1, 0.15) is 20.3 Å². The molecular formula is C33H37BrClN3O6. The zero-order chi connectivity index (χ0) is 31.8. The number of amides is 3. The van der Waals surface area contributed by atoms with E-state index in [-0.39, 0.29) is 42.2 Å². The third-order valence-corrected chi connectivity index (χ3v) is 9.84. The average Bonchev–Trinajstić information content (AvgIpc) is 3.62. The zero-order valence-corrected chi connectivity index (χ0v) is 27.1. The van der Waals surface area contributed by atoms with Gasteiger partial charge < -0.3 is 29.3 Å². The molecule has 3 amide bonds. The van der Waals surface area contributed by atoms with E-state index in [1.54, 1.807) is 72.5 Å². The maximum Gasteiger partial charge on any atom is 0.253 e. The zero-order valence-electron chi connectivity index (χ0n) is 24.8. The number of halogens is 2. The van der Waals surface area contributed by atoms with Gasteiger partial charge in [-0.2, -0.15) is 0 Å². The van der Waals surface area contributed by atoms with Crippen LogP contribution in [0.3, 0.4) is 0 Å². The lowest BCUT2D eigenvalue weighted by molar-refractivity contribution is -0.143. The van der Waals surface area contributed by atoms with Gasteiger partial charge in [0.25, 0.3) is 5.91 Å². The first kappa shape index (κ1) is 32.2. The summed E-state index contributed by atoms with van der Waals surface area (Å²) in [7, 11) is 0. The molecule has 11 heteroatoms. The molecule has 0 aliphatic carbocycles. The first-order valence-corrected chi connectivity index (χ1v) is 16.0. The normalized spacial score (nSPS) is 27.5. The van der Waals surface area contributed by atoms with Crippen molar-refractivity contribution in [2.24, 2.45) is 11.8 Å². The highest BCUT2D eigenvalue weighted by molar-refractivity contribution is 9.09. The van der Waals surface area contributed by atoms with Gasteiger partial charge in [0.15, 0.2) is 0 Å². The summed E-state index contributed by atoms with van der Waals surface area (Å²) in [6.07, 6.45) is 2.94. The quantitative estimate of drug-likeness (QED) is 0.259. The second-order valence-electron chi connectivity index (χ2n) is 11.3. The predicted molar refractivity (Wildman–Crippen MR) is 173 cm³/mol. The molecule has 3 heterocycles. The van der Waals surface area contributed by atoms with Crippen LogP contribution in [0.15, 0.2) is 73.8 Å². The molecule has 3 unspecified atom stereocenters. The molecule has 1 spiro atoms. The van der Waals surface area contributed by atoms with Gasteiger partial charge in [-0.15, -0.1) is 13.2 Å². The molecule has 3 saturated heterocycles. The molecule has 3 fully saturated rings. The minimum atomic E-state index is -1.29. The van der Waals surface area contributed by atoms with Crippen molar-refractivity contribution in [3.8, 4) is 5.75 Å². The summed E-state index contributed by atoms with van der Waals surface area (Å²) in [5.74, 6) is -2.19. The van der Waals surface area contributed by atoms with Crippen LogP contribution in [-0.2, 0) is 19.1 Å². The fraction of sp³-hybridized carbons (Fsp3) is 0.424. The summed E-state index contributed by atoms with van der Waals surface area (Å²) >= 11 is 9.85. The second kappa shape index (κ2) is 13.0. The number of nitrogens with zero attached hydrogens (tertiary/aromatic N) is 3. The highest BCUT2D eigenvalue weighted by atomic mass is 79.9. The van der Waals surface area contributed by atoms with E-state index in [0.717, 1.165) is 0 Å². The van der Waals surface area contributed by atoms with Gasteiger partial charge in [0.2, 0.25) is 11.8 Å². The van der Waals surface area contributed by atoms with E-state index in [9.17, 15) is 19.5 Å². The van der Waals surface area contributed by atoms with E-state index >= 15 is 0 Å². The Bertz CT molecular complexity index is 1420. The number of carbonyl (C=O) groups excluding carboxylic acids is 3. The van der Waals surface area contributed by atoms with E-state index in [1.165, 1.54) is 9.80 Å². The van der Waals surface area contributed by atoms with E-state index in [1.807, 2.05) is 6.92 Å². The smallest absolute Gasteiger partial charge is 0.253 e. The number of aliphatic hydroxyl groups is 1. The molecule has 0 radical (unpaired) electrons. The van der Waals surface area contributed by atoms with Gasteiger partial charge in [-0.25, -0.2) is 0 Å². The van der Waals surface area contributed by atoms with Crippen LogP contribution in [0.2, 0.25) is 5.02 Å². The topological polar surface area (TPSA) is 99.6 Å². The molecule has 2 aromatic carbocycles. The van der Waals surface area contributed by atoms with Gasteiger partial charge in [-0.1, -0.05) is 39.7 Å². The molecular weight excluding hydrogens is 650 g/mol. The van der Waals surface area contributed by atoms with Crippen LogP contribution in [0.25, 0.3) is 0 Å². The molecule has 44 heavy (non-hydrogen) atoms. The Labute approximate surface area is 271 Å². The second-order valence-corrected chi connectivity index (χ2v) is 12.9. The molecule has 9 nitrogen and oxygen atoms in total. The lowest BCUT2D eigenvalue weighted by Gasteiger charge is -2.38. The van der Waals surface area contributed by atoms with Gasteiger partial charge in [0, 0.05) is 34.3 Å². The van der Waals surface area contributed by atoms with Gasteiger partial charge in [-0.05, 0) is 68.8 Å². The molecule has 0 aromatic heterocycles. The molecule has 1 N–H and O–H groups in total. The van der Waals surface area contributed by atoms with Crippen LogP contribution in [0, 0.1) is 11.8 Å². The Kier molecular flexibility index (Phi) is 9.55. The first-order valence-electron chi connectivity index (χ1n) is 14.7. The minimum Gasteiger partial charge on any atom is -0.494 e. The number of aliphatic hydroxyl groups excluding tert-OH is 1. The number of rotatable bonds is 12. The van der Waals surface area contributed by atoms with Crippen molar-refractivity contribution < 1.29 is 29.0 Å². The summed E-state index contributed by atoms with van der Waals surface area (Å²) in [4.78, 5) is 47.8. The summed E-state index contributed by atoms with van der Waals surface area (Å²) in [6, 6.07) is 12.2. The third kappa shape index (κ3) is 5.36. The molecule has 3 aliphatic rings. The third-order valence-electron chi connectivity index (χ3n) is 8.74.